The molecule has 0 spiro atoms. The topological polar surface area (TPSA) is 58.9 Å². The number of hydrogen-bond donors (Lipinski definition) is 0. The highest BCUT2D eigenvalue weighted by Crippen LogP contribution is 2.18. The Balaban J connectivity index is 2.37. The van der Waals surface area contributed by atoms with Crippen LogP contribution in [-0.4, -0.2) is 67.9 Å². The molecule has 2 atom stereocenters. The summed E-state index contributed by atoms with van der Waals surface area (Å²) >= 11 is 1.41. The van der Waals surface area contributed by atoms with Gasteiger partial charge in [-0.25, -0.2) is 0 Å². The van der Waals surface area contributed by atoms with Crippen LogP contribution in [0.4, 0.5) is 0 Å². The van der Waals surface area contributed by atoms with E-state index in [1.54, 1.807) is 0 Å². The molecular formula is C14H27N3O3S. The molecule has 1 fully saturated rings. The Bertz CT molecular complexity index is 359. The third-order valence-corrected chi connectivity index (χ3v) is 4.44. The summed E-state index contributed by atoms with van der Waals surface area (Å²) in [5, 5.41) is 11.3. The molecule has 0 aromatic heterocycles. The van der Waals surface area contributed by atoms with E-state index in [1.165, 1.54) is 11.8 Å². The fraction of sp³-hybridized carbons (Fsp3) is 0.857. The van der Waals surface area contributed by atoms with E-state index in [4.69, 9.17) is 4.74 Å². The van der Waals surface area contributed by atoms with Gasteiger partial charge in [0.25, 0.3) is 6.20 Å². The lowest BCUT2D eigenvalue weighted by atomic mass is 10.1. The van der Waals surface area contributed by atoms with Gasteiger partial charge in [0.15, 0.2) is 0 Å². The van der Waals surface area contributed by atoms with E-state index in [9.17, 15) is 10.1 Å². The molecule has 6 nitrogen and oxygen atoms in total. The van der Waals surface area contributed by atoms with Gasteiger partial charge in [-0.15, -0.1) is 11.8 Å². The van der Waals surface area contributed by atoms with Crippen molar-refractivity contribution >= 4 is 11.8 Å². The molecule has 122 valence electrons. The van der Waals surface area contributed by atoms with Crippen molar-refractivity contribution in [3.05, 3.63) is 21.3 Å². The average Bonchev–Trinajstić information content (AvgIpc) is 2.87. The lowest BCUT2D eigenvalue weighted by Gasteiger charge is -2.27. The highest BCUT2D eigenvalue weighted by Gasteiger charge is 2.19. The Morgan fingerprint density at radius 2 is 2.24 bits per heavy atom. The first-order valence-electron chi connectivity index (χ1n) is 7.29. The van der Waals surface area contributed by atoms with Gasteiger partial charge in [-0.1, -0.05) is 6.92 Å². The predicted molar refractivity (Wildman–Crippen MR) is 86.8 cm³/mol. The van der Waals surface area contributed by atoms with Crippen LogP contribution >= 0.6 is 11.8 Å². The molecule has 2 unspecified atom stereocenters. The van der Waals surface area contributed by atoms with Crippen LogP contribution in [0.5, 0.6) is 0 Å². The number of nitrogens with zero attached hydrogens (tertiary/aromatic N) is 3. The number of ether oxygens (including phenoxy) is 1. The van der Waals surface area contributed by atoms with Gasteiger partial charge in [-0.3, -0.25) is 10.1 Å². The molecule has 0 aromatic carbocycles. The van der Waals surface area contributed by atoms with Gasteiger partial charge in [-0.05, 0) is 31.6 Å². The Morgan fingerprint density at radius 1 is 1.52 bits per heavy atom. The van der Waals surface area contributed by atoms with Crippen molar-refractivity contribution < 1.29 is 9.66 Å². The summed E-state index contributed by atoms with van der Waals surface area (Å²) in [6, 6.07) is 0. The summed E-state index contributed by atoms with van der Waals surface area (Å²) in [7, 11) is 4.05. The van der Waals surface area contributed by atoms with Crippen LogP contribution in [0.25, 0.3) is 0 Å². The second kappa shape index (κ2) is 9.27. The zero-order chi connectivity index (χ0) is 15.8. The van der Waals surface area contributed by atoms with E-state index in [1.807, 2.05) is 18.2 Å². The molecule has 0 radical (unpaired) electrons. The molecule has 0 aromatic rings. The molecule has 21 heavy (non-hydrogen) atoms. The highest BCUT2D eigenvalue weighted by molar-refractivity contribution is 8.02. The first kappa shape index (κ1) is 18.3. The Kier molecular flexibility index (Phi) is 8.06. The average molecular weight is 317 g/mol. The molecular weight excluding hydrogens is 290 g/mol. The van der Waals surface area contributed by atoms with Crippen LogP contribution < -0.4 is 0 Å². The third kappa shape index (κ3) is 7.15. The molecule has 0 aliphatic carbocycles. The minimum Gasteiger partial charge on any atom is -0.381 e. The maximum atomic E-state index is 10.6. The van der Waals surface area contributed by atoms with Crippen LogP contribution in [0.3, 0.4) is 0 Å². The summed E-state index contributed by atoms with van der Waals surface area (Å²) in [4.78, 5) is 14.5. The zero-order valence-corrected chi connectivity index (χ0v) is 14.3. The smallest absolute Gasteiger partial charge is 0.264 e. The number of rotatable bonds is 9. The van der Waals surface area contributed by atoms with E-state index >= 15 is 0 Å². The lowest BCUT2D eigenvalue weighted by Crippen LogP contribution is -2.34. The van der Waals surface area contributed by atoms with Crippen molar-refractivity contribution in [3.63, 3.8) is 0 Å². The molecule has 1 rings (SSSR count). The summed E-state index contributed by atoms with van der Waals surface area (Å²) in [5.41, 5.74) is 0. The third-order valence-electron chi connectivity index (χ3n) is 3.60. The number of thioether (sulfide) groups is 1. The molecule has 1 aliphatic rings. The van der Waals surface area contributed by atoms with Crippen molar-refractivity contribution in [2.24, 2.45) is 11.8 Å². The summed E-state index contributed by atoms with van der Waals surface area (Å²) in [6.45, 7) is 6.81. The second-order valence-corrected chi connectivity index (χ2v) is 6.72. The molecule has 1 heterocycles. The van der Waals surface area contributed by atoms with E-state index in [2.05, 4.69) is 18.9 Å². The van der Waals surface area contributed by atoms with Gasteiger partial charge in [0.1, 0.15) is 5.03 Å². The van der Waals surface area contributed by atoms with Crippen molar-refractivity contribution in [2.75, 3.05) is 53.2 Å². The SMILES string of the molecule is CSC(=C[N+](=O)[O-])N(C)CC(C)CN(C)CC1CCOC1. The summed E-state index contributed by atoms with van der Waals surface area (Å²) in [5.74, 6) is 1.10. The van der Waals surface area contributed by atoms with Crippen molar-refractivity contribution in [2.45, 2.75) is 13.3 Å². The minimum absolute atomic E-state index is 0.390. The van der Waals surface area contributed by atoms with Crippen LogP contribution in [0, 0.1) is 22.0 Å². The minimum atomic E-state index is -0.390. The first-order valence-corrected chi connectivity index (χ1v) is 8.51. The fourth-order valence-corrected chi connectivity index (χ4v) is 3.36. The molecule has 0 saturated carbocycles. The highest BCUT2D eigenvalue weighted by atomic mass is 32.2. The molecule has 1 saturated heterocycles. The molecule has 0 N–H and O–H groups in total. The van der Waals surface area contributed by atoms with Gasteiger partial charge < -0.3 is 14.5 Å². The monoisotopic (exact) mass is 317 g/mol. The van der Waals surface area contributed by atoms with Crippen molar-refractivity contribution in [1.82, 2.24) is 9.80 Å². The maximum absolute atomic E-state index is 10.6. The molecule has 0 bridgehead atoms. The van der Waals surface area contributed by atoms with Gasteiger partial charge in [0.05, 0.1) is 11.5 Å². The van der Waals surface area contributed by atoms with Gasteiger partial charge in [0.2, 0.25) is 0 Å². The fourth-order valence-electron chi connectivity index (χ4n) is 2.79. The van der Waals surface area contributed by atoms with Crippen LogP contribution in [0.2, 0.25) is 0 Å². The molecule has 7 heteroatoms. The van der Waals surface area contributed by atoms with E-state index in [0.29, 0.717) is 16.9 Å². The first-order chi connectivity index (χ1) is 9.92. The van der Waals surface area contributed by atoms with Crippen LogP contribution in [0.15, 0.2) is 11.2 Å². The van der Waals surface area contributed by atoms with Crippen LogP contribution in [-0.2, 0) is 4.74 Å². The standard InChI is InChI=1S/C14H27N3O3S/c1-12(7-15(2)9-13-5-6-20-11-13)8-16(3)14(21-4)10-17(18)19/h10,12-13H,5-9,11H2,1-4H3. The van der Waals surface area contributed by atoms with Crippen molar-refractivity contribution in [3.8, 4) is 0 Å². The summed E-state index contributed by atoms with van der Waals surface area (Å²) < 4.78 is 5.40. The van der Waals surface area contributed by atoms with Crippen molar-refractivity contribution in [1.29, 1.82) is 0 Å². The molecule has 0 amide bonds. The second-order valence-electron chi connectivity index (χ2n) is 5.89. The Labute approximate surface area is 131 Å². The lowest BCUT2D eigenvalue weighted by molar-refractivity contribution is -0.403. The Hall–Kier alpha value is -0.790. The van der Waals surface area contributed by atoms with Gasteiger partial charge in [0, 0.05) is 33.3 Å². The normalized spacial score (nSPS) is 20.8. The quantitative estimate of drug-likeness (QED) is 0.478. The van der Waals surface area contributed by atoms with E-state index < -0.39 is 0 Å². The predicted octanol–water partition coefficient (Wildman–Crippen LogP) is 1.96. The maximum Gasteiger partial charge on any atom is 0.264 e. The molecule has 1 aliphatic heterocycles. The summed E-state index contributed by atoms with van der Waals surface area (Å²) in [6.07, 6.45) is 4.10. The Morgan fingerprint density at radius 3 is 2.76 bits per heavy atom. The zero-order valence-electron chi connectivity index (χ0n) is 13.4. The largest absolute Gasteiger partial charge is 0.381 e. The van der Waals surface area contributed by atoms with Crippen LogP contribution in [0.1, 0.15) is 13.3 Å². The number of hydrogen-bond acceptors (Lipinski definition) is 6. The van der Waals surface area contributed by atoms with E-state index in [0.717, 1.165) is 45.5 Å². The number of nitro groups is 1. The van der Waals surface area contributed by atoms with Gasteiger partial charge >= 0.3 is 0 Å². The van der Waals surface area contributed by atoms with Gasteiger partial charge in [-0.2, -0.15) is 0 Å². The van der Waals surface area contributed by atoms with E-state index in [-0.39, 0.29) is 4.92 Å².